The second-order valence-corrected chi connectivity index (χ2v) is 11.2. The Bertz CT molecular complexity index is 1550. The predicted molar refractivity (Wildman–Crippen MR) is 148 cm³/mol. The average Bonchev–Trinajstić information content (AvgIpc) is 3.31. The number of rotatable bonds is 5. The molecule has 0 radical (unpaired) electrons. The van der Waals surface area contributed by atoms with Crippen LogP contribution in [0, 0.1) is 5.82 Å². The number of nitrogens with zero attached hydrogens (tertiary/aromatic N) is 4. The van der Waals surface area contributed by atoms with E-state index in [0.717, 1.165) is 49.7 Å². The Balaban J connectivity index is 1.39. The number of piperazine rings is 1. The van der Waals surface area contributed by atoms with Crippen molar-refractivity contribution in [3.05, 3.63) is 53.3 Å². The number of phenols is 1. The lowest BCUT2D eigenvalue weighted by molar-refractivity contribution is 0.187. The van der Waals surface area contributed by atoms with Crippen LogP contribution in [0.5, 0.6) is 11.8 Å². The van der Waals surface area contributed by atoms with Gasteiger partial charge in [-0.15, -0.1) is 0 Å². The number of piperidine rings is 1. The molecule has 4 fully saturated rings. The molecule has 7 nitrogen and oxygen atoms in total. The summed E-state index contributed by atoms with van der Waals surface area (Å²) in [4.78, 5) is 13.8. The van der Waals surface area contributed by atoms with Crippen molar-refractivity contribution in [3.8, 4) is 22.9 Å². The van der Waals surface area contributed by atoms with Crippen LogP contribution in [0.4, 0.5) is 10.2 Å². The summed E-state index contributed by atoms with van der Waals surface area (Å²) in [6.07, 6.45) is 3.32. The van der Waals surface area contributed by atoms with Gasteiger partial charge >= 0.3 is 6.01 Å². The highest BCUT2D eigenvalue weighted by Crippen LogP contribution is 2.43. The van der Waals surface area contributed by atoms with Crippen LogP contribution in [0.15, 0.2) is 42.5 Å². The van der Waals surface area contributed by atoms with Gasteiger partial charge in [-0.25, -0.2) is 4.39 Å². The molecule has 3 atom stereocenters. The van der Waals surface area contributed by atoms with Crippen molar-refractivity contribution in [2.75, 3.05) is 38.2 Å². The molecule has 4 saturated heterocycles. The van der Waals surface area contributed by atoms with Gasteiger partial charge in [0, 0.05) is 42.2 Å². The summed E-state index contributed by atoms with van der Waals surface area (Å²) < 4.78 is 22.7. The summed E-state index contributed by atoms with van der Waals surface area (Å²) in [5, 5.41) is 16.4. The molecule has 196 valence electrons. The quantitative estimate of drug-likeness (QED) is 0.375. The number of nitrogens with one attached hydrogen (secondary N) is 1. The highest BCUT2D eigenvalue weighted by Gasteiger charge is 2.38. The molecule has 5 heterocycles. The number of phenolic OH excluding ortho intramolecular Hbond substituents is 1. The molecule has 2 N–H and O–H groups in total. The van der Waals surface area contributed by atoms with Gasteiger partial charge in [0.1, 0.15) is 23.7 Å². The molecule has 0 amide bonds. The van der Waals surface area contributed by atoms with Gasteiger partial charge in [0.25, 0.3) is 0 Å². The van der Waals surface area contributed by atoms with Crippen LogP contribution >= 0.6 is 11.6 Å². The number of aromatic hydroxyl groups is 1. The zero-order valence-corrected chi connectivity index (χ0v) is 21.9. The normalized spacial score (nSPS) is 23.2. The van der Waals surface area contributed by atoms with Gasteiger partial charge in [-0.3, -0.25) is 0 Å². The maximum atomic E-state index is 16.5. The molecule has 0 aliphatic carbocycles. The first kappa shape index (κ1) is 23.9. The van der Waals surface area contributed by atoms with Gasteiger partial charge in [0.2, 0.25) is 0 Å². The lowest BCUT2D eigenvalue weighted by Crippen LogP contribution is -2.67. The monoisotopic (exact) mass is 533 g/mol. The van der Waals surface area contributed by atoms with Crippen LogP contribution in [0.25, 0.3) is 32.8 Å². The minimum atomic E-state index is -0.546. The Morgan fingerprint density at radius 2 is 1.92 bits per heavy atom. The molecule has 2 bridgehead atoms. The molecular formula is C29H29ClFN5O2. The third-order valence-corrected chi connectivity index (χ3v) is 8.55. The van der Waals surface area contributed by atoms with Crippen LogP contribution in [0.3, 0.4) is 0 Å². The Hall–Kier alpha value is -3.20. The molecule has 4 aromatic rings. The number of fused-ring (bicyclic) bond motifs is 4. The maximum absolute atomic E-state index is 16.5. The standard InChI is InChI=1S/C29H29ClFN5O2/c1-35-8-4-6-19(35)15-38-29-33-27-23(28(34-29)36-13-17-10-18(14-36)32-17)12-24(30)25(26(27)31)22-11-20(37)9-16-5-2-3-7-21(16)22/h2-3,5,7,9,11-12,17-19,32,37H,4,6,8,10,13-15H2,1H3/t17-,18-,19-/m0/s1. The molecule has 3 aromatic carbocycles. The van der Waals surface area contributed by atoms with Crippen LogP contribution in [-0.2, 0) is 0 Å². The molecule has 9 heteroatoms. The zero-order chi connectivity index (χ0) is 26.0. The van der Waals surface area contributed by atoms with E-state index < -0.39 is 5.82 Å². The van der Waals surface area contributed by atoms with E-state index in [1.807, 2.05) is 24.3 Å². The van der Waals surface area contributed by atoms with Crippen molar-refractivity contribution in [3.63, 3.8) is 0 Å². The molecular weight excluding hydrogens is 505 g/mol. The fourth-order valence-corrected chi connectivity index (χ4v) is 6.55. The number of likely N-dealkylation sites (tertiary alicyclic amines) is 1. The SMILES string of the molecule is CN1CCC[C@H]1COc1nc(N2C[C@@H]3C[C@@H](C2)N3)c2cc(Cl)c(-c3cc(O)cc4ccccc34)c(F)c2n1. The average molecular weight is 534 g/mol. The first-order valence-electron chi connectivity index (χ1n) is 13.2. The van der Waals surface area contributed by atoms with Gasteiger partial charge in [-0.2, -0.15) is 9.97 Å². The topological polar surface area (TPSA) is 73.8 Å². The van der Waals surface area contributed by atoms with E-state index in [9.17, 15) is 5.11 Å². The highest BCUT2D eigenvalue weighted by atomic mass is 35.5. The number of likely N-dealkylation sites (N-methyl/N-ethyl adjacent to an activating group) is 1. The fraction of sp³-hybridized carbons (Fsp3) is 0.379. The molecule has 4 aliphatic heterocycles. The smallest absolute Gasteiger partial charge is 0.319 e. The number of hydrogen-bond donors (Lipinski definition) is 2. The summed E-state index contributed by atoms with van der Waals surface area (Å²) in [6, 6.07) is 13.8. The van der Waals surface area contributed by atoms with Gasteiger partial charge < -0.3 is 25.0 Å². The lowest BCUT2D eigenvalue weighted by atomic mass is 9.91. The van der Waals surface area contributed by atoms with E-state index in [0.29, 0.717) is 35.5 Å². The van der Waals surface area contributed by atoms with Crippen molar-refractivity contribution in [2.24, 2.45) is 0 Å². The lowest BCUT2D eigenvalue weighted by Gasteiger charge is -2.48. The largest absolute Gasteiger partial charge is 0.508 e. The molecule has 38 heavy (non-hydrogen) atoms. The Labute approximate surface area is 225 Å². The summed E-state index contributed by atoms with van der Waals surface area (Å²) in [6.45, 7) is 3.06. The number of halogens is 2. The molecule has 8 rings (SSSR count). The van der Waals surface area contributed by atoms with Crippen molar-refractivity contribution < 1.29 is 14.2 Å². The van der Waals surface area contributed by atoms with Gasteiger partial charge in [-0.1, -0.05) is 35.9 Å². The second kappa shape index (κ2) is 9.22. The number of ether oxygens (including phenoxy) is 1. The van der Waals surface area contributed by atoms with Crippen molar-refractivity contribution in [2.45, 2.75) is 37.4 Å². The van der Waals surface area contributed by atoms with Crippen molar-refractivity contribution >= 4 is 39.1 Å². The summed E-state index contributed by atoms with van der Waals surface area (Å²) in [5.41, 5.74) is 0.896. The summed E-state index contributed by atoms with van der Waals surface area (Å²) >= 11 is 6.80. The van der Waals surface area contributed by atoms with E-state index in [1.165, 1.54) is 0 Å². The third kappa shape index (κ3) is 4.02. The Kier molecular flexibility index (Phi) is 5.80. The molecule has 0 unspecified atom stereocenters. The van der Waals surface area contributed by atoms with Crippen molar-refractivity contribution in [1.29, 1.82) is 0 Å². The fourth-order valence-electron chi connectivity index (χ4n) is 6.26. The minimum absolute atomic E-state index is 0.0439. The van der Waals surface area contributed by atoms with Gasteiger partial charge in [0.05, 0.1) is 5.02 Å². The Morgan fingerprint density at radius 3 is 2.68 bits per heavy atom. The van der Waals surface area contributed by atoms with E-state index in [4.69, 9.17) is 21.3 Å². The zero-order valence-electron chi connectivity index (χ0n) is 21.1. The number of anilines is 1. The number of benzene rings is 3. The van der Waals surface area contributed by atoms with Crippen LogP contribution in [-0.4, -0.2) is 71.4 Å². The third-order valence-electron chi connectivity index (χ3n) is 8.26. The van der Waals surface area contributed by atoms with Gasteiger partial charge in [0.15, 0.2) is 5.82 Å². The predicted octanol–water partition coefficient (Wildman–Crippen LogP) is 4.97. The first-order chi connectivity index (χ1) is 18.4. The van der Waals surface area contributed by atoms with Crippen molar-refractivity contribution in [1.82, 2.24) is 20.2 Å². The van der Waals surface area contributed by atoms with Crippen LogP contribution in [0.1, 0.15) is 19.3 Å². The van der Waals surface area contributed by atoms with E-state index in [1.54, 1.807) is 18.2 Å². The first-order valence-corrected chi connectivity index (χ1v) is 13.6. The van der Waals surface area contributed by atoms with E-state index >= 15 is 4.39 Å². The molecule has 4 aliphatic rings. The Morgan fingerprint density at radius 1 is 1.13 bits per heavy atom. The maximum Gasteiger partial charge on any atom is 0.319 e. The second-order valence-electron chi connectivity index (χ2n) is 10.8. The summed E-state index contributed by atoms with van der Waals surface area (Å²) in [7, 11) is 2.09. The van der Waals surface area contributed by atoms with E-state index in [2.05, 4.69) is 27.1 Å². The molecule has 0 saturated carbocycles. The van der Waals surface area contributed by atoms with Crippen LogP contribution < -0.4 is 15.0 Å². The summed E-state index contributed by atoms with van der Waals surface area (Å²) in [5.74, 6) is 0.145. The minimum Gasteiger partial charge on any atom is -0.508 e. The molecule has 0 spiro atoms. The number of aromatic nitrogens is 2. The van der Waals surface area contributed by atoms with Gasteiger partial charge in [-0.05, 0) is 67.4 Å². The highest BCUT2D eigenvalue weighted by molar-refractivity contribution is 6.35. The van der Waals surface area contributed by atoms with E-state index in [-0.39, 0.29) is 33.9 Å². The van der Waals surface area contributed by atoms with Crippen LogP contribution in [0.2, 0.25) is 5.02 Å². The number of hydrogen-bond acceptors (Lipinski definition) is 7. The molecule has 1 aromatic heterocycles.